The molecule has 24 heavy (non-hydrogen) atoms. The molecule has 0 bridgehead atoms. The minimum atomic E-state index is -1.08. The number of carbonyl (C=O) groups is 2. The van der Waals surface area contributed by atoms with Gasteiger partial charge in [-0.05, 0) is 18.6 Å². The van der Waals surface area contributed by atoms with Crippen molar-refractivity contribution in [1.82, 2.24) is 9.88 Å². The van der Waals surface area contributed by atoms with Crippen LogP contribution in [-0.2, 0) is 22.6 Å². The van der Waals surface area contributed by atoms with Gasteiger partial charge in [-0.1, -0.05) is 36.4 Å². The average molecular weight is 328 g/mol. The van der Waals surface area contributed by atoms with Crippen LogP contribution in [0.25, 0.3) is 0 Å². The number of aryl methyl sites for hydroxylation is 1. The molecule has 1 aromatic heterocycles. The average Bonchev–Trinajstić information content (AvgIpc) is 2.54. The van der Waals surface area contributed by atoms with Gasteiger partial charge in [0.1, 0.15) is 6.04 Å². The van der Waals surface area contributed by atoms with E-state index in [9.17, 15) is 19.5 Å². The third kappa shape index (κ3) is 4.81. The fraction of sp³-hybridized carbons (Fsp3) is 0.278. The summed E-state index contributed by atoms with van der Waals surface area (Å²) >= 11 is 0. The Morgan fingerprint density at radius 1 is 1.12 bits per heavy atom. The monoisotopic (exact) mass is 328 g/mol. The summed E-state index contributed by atoms with van der Waals surface area (Å²) < 4.78 is 1.49. The van der Waals surface area contributed by atoms with Crippen LogP contribution in [0.3, 0.4) is 0 Å². The fourth-order valence-electron chi connectivity index (χ4n) is 2.44. The lowest BCUT2D eigenvalue weighted by molar-refractivity contribution is -0.141. The Morgan fingerprint density at radius 3 is 2.46 bits per heavy atom. The van der Waals surface area contributed by atoms with Gasteiger partial charge in [0.15, 0.2) is 0 Å². The number of rotatable bonds is 7. The standard InChI is InChI=1S/C18H20N2O4/c1-13-6-5-9-17(22)20(13)11-10-16(21)19-15(18(23)24)12-14-7-3-2-4-8-14/h2-9,15H,10-12H2,1H3,(H,19,21)(H,23,24). The smallest absolute Gasteiger partial charge is 0.326 e. The summed E-state index contributed by atoms with van der Waals surface area (Å²) in [5.74, 6) is -1.48. The van der Waals surface area contributed by atoms with Gasteiger partial charge in [-0.2, -0.15) is 0 Å². The van der Waals surface area contributed by atoms with E-state index in [4.69, 9.17) is 0 Å². The van der Waals surface area contributed by atoms with Crippen LogP contribution in [0, 0.1) is 6.92 Å². The molecule has 0 spiro atoms. The molecule has 2 rings (SSSR count). The van der Waals surface area contributed by atoms with Gasteiger partial charge >= 0.3 is 5.97 Å². The largest absolute Gasteiger partial charge is 0.480 e. The topological polar surface area (TPSA) is 88.4 Å². The molecule has 0 fully saturated rings. The van der Waals surface area contributed by atoms with Gasteiger partial charge in [0, 0.05) is 31.1 Å². The van der Waals surface area contributed by atoms with E-state index in [1.807, 2.05) is 30.3 Å². The molecular weight excluding hydrogens is 308 g/mol. The molecule has 2 aromatic rings. The van der Waals surface area contributed by atoms with E-state index >= 15 is 0 Å². The first-order valence-corrected chi connectivity index (χ1v) is 7.70. The summed E-state index contributed by atoms with van der Waals surface area (Å²) in [5, 5.41) is 11.8. The Balaban J connectivity index is 1.96. The number of benzene rings is 1. The van der Waals surface area contributed by atoms with Crippen LogP contribution in [-0.4, -0.2) is 27.6 Å². The van der Waals surface area contributed by atoms with Crippen LogP contribution in [0.5, 0.6) is 0 Å². The van der Waals surface area contributed by atoms with Crippen molar-refractivity contribution in [2.45, 2.75) is 32.4 Å². The molecule has 0 aliphatic rings. The van der Waals surface area contributed by atoms with Gasteiger partial charge in [0.2, 0.25) is 5.91 Å². The first kappa shape index (κ1) is 17.5. The van der Waals surface area contributed by atoms with Crippen molar-refractivity contribution in [3.63, 3.8) is 0 Å². The number of hydrogen-bond acceptors (Lipinski definition) is 3. The van der Waals surface area contributed by atoms with Crippen molar-refractivity contribution >= 4 is 11.9 Å². The number of carboxylic acids is 1. The summed E-state index contributed by atoms with van der Waals surface area (Å²) in [4.78, 5) is 35.2. The number of carbonyl (C=O) groups excluding carboxylic acids is 1. The fourth-order valence-corrected chi connectivity index (χ4v) is 2.44. The maximum Gasteiger partial charge on any atom is 0.326 e. The highest BCUT2D eigenvalue weighted by molar-refractivity contribution is 5.83. The van der Waals surface area contributed by atoms with Crippen LogP contribution in [0.1, 0.15) is 17.7 Å². The maximum absolute atomic E-state index is 12.1. The Hall–Kier alpha value is -2.89. The zero-order valence-corrected chi connectivity index (χ0v) is 13.4. The molecule has 0 aliphatic heterocycles. The van der Waals surface area contributed by atoms with E-state index in [0.29, 0.717) is 0 Å². The van der Waals surface area contributed by atoms with Gasteiger partial charge in [-0.15, -0.1) is 0 Å². The minimum absolute atomic E-state index is 0.0450. The molecule has 2 N–H and O–H groups in total. The number of hydrogen-bond donors (Lipinski definition) is 2. The van der Waals surface area contributed by atoms with E-state index in [0.717, 1.165) is 11.3 Å². The summed E-state index contributed by atoms with van der Waals surface area (Å²) in [5.41, 5.74) is 1.41. The minimum Gasteiger partial charge on any atom is -0.480 e. The summed E-state index contributed by atoms with van der Waals surface area (Å²) in [6.45, 7) is 2.00. The van der Waals surface area contributed by atoms with E-state index in [2.05, 4.69) is 5.32 Å². The highest BCUT2D eigenvalue weighted by Crippen LogP contribution is 2.04. The van der Waals surface area contributed by atoms with Crippen LogP contribution in [0.15, 0.2) is 53.3 Å². The predicted octanol–water partition coefficient (Wildman–Crippen LogP) is 1.36. The molecule has 1 unspecified atom stereocenters. The number of nitrogens with zero attached hydrogens (tertiary/aromatic N) is 1. The normalized spacial score (nSPS) is 11.7. The first-order valence-electron chi connectivity index (χ1n) is 7.70. The zero-order valence-electron chi connectivity index (χ0n) is 13.4. The molecule has 1 aromatic carbocycles. The molecule has 0 saturated carbocycles. The number of carboxylic acid groups (broad SMARTS) is 1. The van der Waals surface area contributed by atoms with Gasteiger partial charge in [0.25, 0.3) is 5.56 Å². The lowest BCUT2D eigenvalue weighted by atomic mass is 10.1. The summed E-state index contributed by atoms with van der Waals surface area (Å²) in [7, 11) is 0. The summed E-state index contributed by atoms with van der Waals surface area (Å²) in [6, 6.07) is 13.0. The van der Waals surface area contributed by atoms with Crippen molar-refractivity contribution in [2.75, 3.05) is 0 Å². The molecular formula is C18H20N2O4. The van der Waals surface area contributed by atoms with Crippen LogP contribution < -0.4 is 10.9 Å². The van der Waals surface area contributed by atoms with Gasteiger partial charge in [0.05, 0.1) is 0 Å². The number of pyridine rings is 1. The van der Waals surface area contributed by atoms with E-state index in [1.54, 1.807) is 19.1 Å². The van der Waals surface area contributed by atoms with Crippen LogP contribution in [0.4, 0.5) is 0 Å². The quantitative estimate of drug-likeness (QED) is 0.803. The second-order valence-electron chi connectivity index (χ2n) is 5.56. The second-order valence-corrected chi connectivity index (χ2v) is 5.56. The summed E-state index contributed by atoms with van der Waals surface area (Å²) in [6.07, 6.45) is 0.259. The lowest BCUT2D eigenvalue weighted by Gasteiger charge is -2.15. The van der Waals surface area contributed by atoms with Crippen molar-refractivity contribution in [3.05, 3.63) is 70.1 Å². The van der Waals surface area contributed by atoms with E-state index in [1.165, 1.54) is 10.6 Å². The Labute approximate surface area is 139 Å². The molecule has 1 amide bonds. The second kappa shape index (κ2) is 8.10. The molecule has 1 atom stereocenters. The van der Waals surface area contributed by atoms with Gasteiger partial charge < -0.3 is 15.0 Å². The number of amides is 1. The Kier molecular flexibility index (Phi) is 5.89. The molecule has 126 valence electrons. The van der Waals surface area contributed by atoms with Crippen LogP contribution >= 0.6 is 0 Å². The third-order valence-electron chi connectivity index (χ3n) is 3.75. The number of nitrogens with one attached hydrogen (secondary N) is 1. The van der Waals surface area contributed by atoms with Crippen molar-refractivity contribution in [3.8, 4) is 0 Å². The molecule has 1 heterocycles. The highest BCUT2D eigenvalue weighted by atomic mass is 16.4. The molecule has 6 nitrogen and oxygen atoms in total. The van der Waals surface area contributed by atoms with E-state index < -0.39 is 17.9 Å². The van der Waals surface area contributed by atoms with Crippen molar-refractivity contribution < 1.29 is 14.7 Å². The van der Waals surface area contributed by atoms with Crippen molar-refractivity contribution in [2.24, 2.45) is 0 Å². The molecule has 0 radical (unpaired) electrons. The first-order chi connectivity index (χ1) is 11.5. The zero-order chi connectivity index (χ0) is 17.5. The van der Waals surface area contributed by atoms with Gasteiger partial charge in [-0.3, -0.25) is 9.59 Å². The SMILES string of the molecule is Cc1cccc(=O)n1CCC(=O)NC(Cc1ccccc1)C(=O)O. The third-order valence-corrected chi connectivity index (χ3v) is 3.75. The Morgan fingerprint density at radius 2 is 1.83 bits per heavy atom. The number of aliphatic carboxylic acids is 1. The molecule has 0 aliphatic carbocycles. The van der Waals surface area contributed by atoms with E-state index in [-0.39, 0.29) is 24.9 Å². The Bertz CT molecular complexity index is 768. The van der Waals surface area contributed by atoms with Crippen LogP contribution in [0.2, 0.25) is 0 Å². The van der Waals surface area contributed by atoms with Gasteiger partial charge in [-0.25, -0.2) is 4.79 Å². The predicted molar refractivity (Wildman–Crippen MR) is 89.8 cm³/mol. The molecule has 0 saturated heterocycles. The highest BCUT2D eigenvalue weighted by Gasteiger charge is 2.20. The number of aromatic nitrogens is 1. The molecule has 6 heteroatoms. The maximum atomic E-state index is 12.1. The lowest BCUT2D eigenvalue weighted by Crippen LogP contribution is -2.42. The van der Waals surface area contributed by atoms with Crippen molar-refractivity contribution in [1.29, 1.82) is 0 Å².